The van der Waals surface area contributed by atoms with Gasteiger partial charge in [-0.15, -0.1) is 10.2 Å². The zero-order chi connectivity index (χ0) is 26.9. The summed E-state index contributed by atoms with van der Waals surface area (Å²) in [5.74, 6) is 3.14. The largest absolute Gasteiger partial charge is 0.494 e. The van der Waals surface area contributed by atoms with E-state index in [-0.39, 0.29) is 5.91 Å². The van der Waals surface area contributed by atoms with Crippen molar-refractivity contribution in [1.29, 1.82) is 0 Å². The minimum absolute atomic E-state index is 0.0634. The van der Waals surface area contributed by atoms with Gasteiger partial charge in [-0.25, -0.2) is 0 Å². The van der Waals surface area contributed by atoms with E-state index in [0.717, 1.165) is 22.8 Å². The van der Waals surface area contributed by atoms with Gasteiger partial charge in [-0.3, -0.25) is 4.79 Å². The van der Waals surface area contributed by atoms with Gasteiger partial charge in [-0.05, 0) is 76.2 Å². The van der Waals surface area contributed by atoms with Crippen molar-refractivity contribution in [3.05, 3.63) is 54.1 Å². The Bertz CT molecular complexity index is 1170. The molecule has 1 fully saturated rings. The molecule has 1 aromatic heterocycles. The van der Waals surface area contributed by atoms with Crippen molar-refractivity contribution >= 4 is 11.7 Å². The summed E-state index contributed by atoms with van der Waals surface area (Å²) in [5, 5.41) is 8.88. The number of hydrogen-bond acceptors (Lipinski definition) is 8. The lowest BCUT2D eigenvalue weighted by molar-refractivity contribution is 0.0745. The number of aromatic nitrogens is 2. The second-order valence-electron chi connectivity index (χ2n) is 8.61. The second kappa shape index (κ2) is 13.0. The molecule has 9 heteroatoms. The third kappa shape index (κ3) is 6.27. The first kappa shape index (κ1) is 27.0. The van der Waals surface area contributed by atoms with Gasteiger partial charge in [-0.1, -0.05) is 0 Å². The first-order chi connectivity index (χ1) is 18.6. The van der Waals surface area contributed by atoms with Crippen LogP contribution in [0.5, 0.6) is 23.0 Å². The van der Waals surface area contributed by atoms with E-state index in [1.807, 2.05) is 69.0 Å². The number of hydrogen-bond donors (Lipinski definition) is 0. The Morgan fingerprint density at radius 1 is 0.737 bits per heavy atom. The molecule has 1 aliphatic rings. The molecule has 3 aromatic rings. The lowest BCUT2D eigenvalue weighted by Crippen LogP contribution is -2.49. The van der Waals surface area contributed by atoms with Crippen molar-refractivity contribution in [1.82, 2.24) is 15.1 Å². The van der Waals surface area contributed by atoms with E-state index in [4.69, 9.17) is 18.9 Å². The molecule has 0 atom stereocenters. The summed E-state index contributed by atoms with van der Waals surface area (Å²) in [6.45, 7) is 12.2. The predicted molar refractivity (Wildman–Crippen MR) is 147 cm³/mol. The van der Waals surface area contributed by atoms with Gasteiger partial charge in [-0.2, -0.15) is 0 Å². The third-order valence-corrected chi connectivity index (χ3v) is 6.16. The molecule has 0 bridgehead atoms. The van der Waals surface area contributed by atoms with Crippen LogP contribution in [0.3, 0.4) is 0 Å². The highest BCUT2D eigenvalue weighted by atomic mass is 16.5. The number of carbonyl (C=O) groups excluding carboxylic acids is 1. The monoisotopic (exact) mass is 520 g/mol. The molecule has 0 radical (unpaired) electrons. The molecule has 1 amide bonds. The average Bonchev–Trinajstić information content (AvgIpc) is 2.95. The third-order valence-electron chi connectivity index (χ3n) is 6.16. The first-order valence-electron chi connectivity index (χ1n) is 13.2. The maximum Gasteiger partial charge on any atom is 0.254 e. The Balaban J connectivity index is 1.42. The number of piperazine rings is 1. The fraction of sp³-hybridized carbons (Fsp3) is 0.414. The maximum atomic E-state index is 13.4. The van der Waals surface area contributed by atoms with Crippen LogP contribution in [0.15, 0.2) is 48.5 Å². The Hall–Kier alpha value is -4.01. The standard InChI is InChI=1S/C29H36N4O5/c1-5-35-23-11-9-21(10-12-23)24-13-14-27(31-30-24)32-15-17-33(18-16-32)29(34)22-19-25(36-6-2)28(38-8-4)26(20-22)37-7-3/h9-14,19-20H,5-8,15-18H2,1-4H3. The van der Waals surface area contributed by atoms with Crippen molar-refractivity contribution in [2.75, 3.05) is 57.5 Å². The molecular formula is C29H36N4O5. The van der Waals surface area contributed by atoms with E-state index < -0.39 is 0 Å². The second-order valence-corrected chi connectivity index (χ2v) is 8.61. The fourth-order valence-corrected chi connectivity index (χ4v) is 4.37. The van der Waals surface area contributed by atoms with Gasteiger partial charge >= 0.3 is 0 Å². The van der Waals surface area contributed by atoms with Gasteiger partial charge in [0, 0.05) is 37.3 Å². The number of amides is 1. The summed E-state index contributed by atoms with van der Waals surface area (Å²) >= 11 is 0. The molecule has 202 valence electrons. The molecule has 2 aromatic carbocycles. The van der Waals surface area contributed by atoms with Crippen molar-refractivity contribution < 1.29 is 23.7 Å². The molecule has 0 spiro atoms. The van der Waals surface area contributed by atoms with Crippen LogP contribution >= 0.6 is 0 Å². The smallest absolute Gasteiger partial charge is 0.254 e. The van der Waals surface area contributed by atoms with E-state index in [9.17, 15) is 4.79 Å². The van der Waals surface area contributed by atoms with Crippen LogP contribution in [-0.2, 0) is 0 Å². The topological polar surface area (TPSA) is 86.3 Å². The van der Waals surface area contributed by atoms with E-state index in [1.165, 1.54) is 0 Å². The molecule has 1 saturated heterocycles. The van der Waals surface area contributed by atoms with Crippen LogP contribution in [0.1, 0.15) is 38.1 Å². The molecule has 4 rings (SSSR count). The molecule has 1 aliphatic heterocycles. The zero-order valence-electron chi connectivity index (χ0n) is 22.6. The predicted octanol–water partition coefficient (Wildman–Crippen LogP) is 4.70. The van der Waals surface area contributed by atoms with Gasteiger partial charge in [0.1, 0.15) is 5.75 Å². The molecule has 38 heavy (non-hydrogen) atoms. The Kier molecular flexibility index (Phi) is 9.24. The normalized spacial score (nSPS) is 13.3. The molecule has 0 aliphatic carbocycles. The summed E-state index contributed by atoms with van der Waals surface area (Å²) in [5.41, 5.74) is 2.31. The van der Waals surface area contributed by atoms with Crippen molar-refractivity contribution in [3.8, 4) is 34.3 Å². The average molecular weight is 521 g/mol. The van der Waals surface area contributed by atoms with Crippen LogP contribution in [0, 0.1) is 0 Å². The van der Waals surface area contributed by atoms with Crippen molar-refractivity contribution in [2.24, 2.45) is 0 Å². The number of benzene rings is 2. The van der Waals surface area contributed by atoms with E-state index in [1.54, 1.807) is 12.1 Å². The Morgan fingerprint density at radius 2 is 1.34 bits per heavy atom. The zero-order valence-corrected chi connectivity index (χ0v) is 22.6. The van der Waals surface area contributed by atoms with Gasteiger partial charge in [0.25, 0.3) is 5.91 Å². The number of nitrogens with zero attached hydrogens (tertiary/aromatic N) is 4. The number of anilines is 1. The van der Waals surface area contributed by atoms with Crippen LogP contribution in [0.4, 0.5) is 5.82 Å². The summed E-state index contributed by atoms with van der Waals surface area (Å²) < 4.78 is 22.8. The summed E-state index contributed by atoms with van der Waals surface area (Å²) in [4.78, 5) is 17.4. The quantitative estimate of drug-likeness (QED) is 0.360. The first-order valence-corrected chi connectivity index (χ1v) is 13.2. The molecule has 2 heterocycles. The highest BCUT2D eigenvalue weighted by Gasteiger charge is 2.26. The number of carbonyl (C=O) groups is 1. The van der Waals surface area contributed by atoms with Gasteiger partial charge in [0.15, 0.2) is 17.3 Å². The van der Waals surface area contributed by atoms with Crippen LogP contribution in [0.25, 0.3) is 11.3 Å². The summed E-state index contributed by atoms with van der Waals surface area (Å²) in [6.07, 6.45) is 0. The van der Waals surface area contributed by atoms with E-state index in [0.29, 0.717) is 75.4 Å². The number of ether oxygens (including phenoxy) is 4. The molecule has 0 saturated carbocycles. The van der Waals surface area contributed by atoms with Crippen molar-refractivity contribution in [2.45, 2.75) is 27.7 Å². The minimum Gasteiger partial charge on any atom is -0.494 e. The van der Waals surface area contributed by atoms with Crippen LogP contribution < -0.4 is 23.8 Å². The minimum atomic E-state index is -0.0634. The highest BCUT2D eigenvalue weighted by Crippen LogP contribution is 2.39. The Morgan fingerprint density at radius 3 is 1.87 bits per heavy atom. The summed E-state index contributed by atoms with van der Waals surface area (Å²) in [7, 11) is 0. The molecule has 0 N–H and O–H groups in total. The molecule has 9 nitrogen and oxygen atoms in total. The van der Waals surface area contributed by atoms with Gasteiger partial charge in [0.05, 0.1) is 32.1 Å². The molecular weight excluding hydrogens is 484 g/mol. The Labute approximate surface area is 224 Å². The highest BCUT2D eigenvalue weighted by molar-refractivity contribution is 5.96. The SMILES string of the molecule is CCOc1ccc(-c2ccc(N3CCN(C(=O)c4cc(OCC)c(OCC)c(OCC)c4)CC3)nn2)cc1. The number of rotatable bonds is 11. The van der Waals surface area contributed by atoms with E-state index in [2.05, 4.69) is 15.1 Å². The van der Waals surface area contributed by atoms with Crippen LogP contribution in [0.2, 0.25) is 0 Å². The van der Waals surface area contributed by atoms with E-state index >= 15 is 0 Å². The fourth-order valence-electron chi connectivity index (χ4n) is 4.37. The van der Waals surface area contributed by atoms with Gasteiger partial charge < -0.3 is 28.7 Å². The maximum absolute atomic E-state index is 13.4. The summed E-state index contributed by atoms with van der Waals surface area (Å²) in [6, 6.07) is 15.3. The molecule has 0 unspecified atom stereocenters. The lowest BCUT2D eigenvalue weighted by atomic mass is 10.1. The lowest BCUT2D eigenvalue weighted by Gasteiger charge is -2.35. The van der Waals surface area contributed by atoms with Crippen LogP contribution in [-0.4, -0.2) is 73.6 Å². The van der Waals surface area contributed by atoms with Gasteiger partial charge in [0.2, 0.25) is 5.75 Å². The van der Waals surface area contributed by atoms with Crippen molar-refractivity contribution in [3.63, 3.8) is 0 Å².